The summed E-state index contributed by atoms with van der Waals surface area (Å²) < 4.78 is 0. The lowest BCUT2D eigenvalue weighted by molar-refractivity contribution is 1.01. The Labute approximate surface area is 101 Å². The van der Waals surface area contributed by atoms with Crippen molar-refractivity contribution in [3.63, 3.8) is 0 Å². The highest BCUT2D eigenvalue weighted by Crippen LogP contribution is 2.12. The first-order valence-electron chi connectivity index (χ1n) is 5.33. The van der Waals surface area contributed by atoms with E-state index in [2.05, 4.69) is 42.0 Å². The van der Waals surface area contributed by atoms with Gasteiger partial charge in [0.1, 0.15) is 5.82 Å². The number of hydrogen-bond donors (Lipinski definition) is 1. The number of nitrogens with zero attached hydrogens (tertiary/aromatic N) is 1. The largest absolute Gasteiger partial charge is 0.345 e. The lowest BCUT2D eigenvalue weighted by Crippen LogP contribution is -1.93. The molecule has 2 nitrogen and oxygen atoms in total. The molecule has 2 aromatic rings. The average Bonchev–Trinajstić information content (AvgIpc) is 2.64. The van der Waals surface area contributed by atoms with Gasteiger partial charge in [0, 0.05) is 18.3 Å². The lowest BCUT2D eigenvalue weighted by Gasteiger charge is -2.03. The molecule has 1 N–H and O–H groups in total. The van der Waals surface area contributed by atoms with Gasteiger partial charge in [-0.25, -0.2) is 4.98 Å². The van der Waals surface area contributed by atoms with Crippen molar-refractivity contribution in [1.82, 2.24) is 9.97 Å². The van der Waals surface area contributed by atoms with Gasteiger partial charge in [0.05, 0.1) is 5.88 Å². The van der Waals surface area contributed by atoms with E-state index in [9.17, 15) is 0 Å². The summed E-state index contributed by atoms with van der Waals surface area (Å²) in [7, 11) is 0. The first kappa shape index (κ1) is 11.2. The van der Waals surface area contributed by atoms with Crippen molar-refractivity contribution in [1.29, 1.82) is 0 Å². The zero-order valence-corrected chi connectivity index (χ0v) is 10.3. The Kier molecular flexibility index (Phi) is 3.30. The van der Waals surface area contributed by atoms with Crippen LogP contribution in [0.5, 0.6) is 0 Å². The van der Waals surface area contributed by atoms with Crippen molar-refractivity contribution in [3.8, 4) is 0 Å². The average molecular weight is 235 g/mol. The SMILES string of the molecule is Cc1cc(C)cc(Cc2ncc(CCl)[nH]2)c1. The minimum absolute atomic E-state index is 0.486. The zero-order chi connectivity index (χ0) is 11.5. The normalized spacial score (nSPS) is 10.7. The van der Waals surface area contributed by atoms with Gasteiger partial charge in [0.2, 0.25) is 0 Å². The smallest absolute Gasteiger partial charge is 0.110 e. The number of H-pyrrole nitrogens is 1. The molecule has 3 heteroatoms. The molecule has 0 atom stereocenters. The Balaban J connectivity index is 2.19. The summed E-state index contributed by atoms with van der Waals surface area (Å²) in [6, 6.07) is 6.56. The van der Waals surface area contributed by atoms with Crippen molar-refractivity contribution < 1.29 is 0 Å². The number of rotatable bonds is 3. The van der Waals surface area contributed by atoms with Crippen LogP contribution in [0.15, 0.2) is 24.4 Å². The summed E-state index contributed by atoms with van der Waals surface area (Å²) >= 11 is 5.72. The molecule has 0 unspecified atom stereocenters. The molecule has 1 aromatic carbocycles. The number of aromatic amines is 1. The minimum atomic E-state index is 0.486. The van der Waals surface area contributed by atoms with Crippen LogP contribution in [0.4, 0.5) is 0 Å². The van der Waals surface area contributed by atoms with Crippen LogP contribution in [0.25, 0.3) is 0 Å². The second-order valence-corrected chi connectivity index (χ2v) is 4.43. The number of hydrogen-bond acceptors (Lipinski definition) is 1. The van der Waals surface area contributed by atoms with Gasteiger partial charge in [0.15, 0.2) is 0 Å². The van der Waals surface area contributed by atoms with Crippen LogP contribution in [0.2, 0.25) is 0 Å². The van der Waals surface area contributed by atoms with Crippen molar-refractivity contribution >= 4 is 11.6 Å². The highest BCUT2D eigenvalue weighted by atomic mass is 35.5. The molecular weight excluding hydrogens is 220 g/mol. The third kappa shape index (κ3) is 2.64. The Morgan fingerprint density at radius 1 is 1.19 bits per heavy atom. The molecule has 0 saturated heterocycles. The highest BCUT2D eigenvalue weighted by Gasteiger charge is 2.02. The van der Waals surface area contributed by atoms with E-state index in [1.54, 1.807) is 6.20 Å². The van der Waals surface area contributed by atoms with E-state index in [-0.39, 0.29) is 0 Å². The van der Waals surface area contributed by atoms with Gasteiger partial charge in [-0.3, -0.25) is 0 Å². The topological polar surface area (TPSA) is 28.7 Å². The third-order valence-electron chi connectivity index (χ3n) is 2.48. The Morgan fingerprint density at radius 3 is 2.44 bits per heavy atom. The molecule has 16 heavy (non-hydrogen) atoms. The fraction of sp³-hybridized carbons (Fsp3) is 0.308. The molecule has 0 aliphatic carbocycles. The van der Waals surface area contributed by atoms with Gasteiger partial charge in [-0.1, -0.05) is 29.3 Å². The highest BCUT2D eigenvalue weighted by molar-refractivity contribution is 6.16. The van der Waals surface area contributed by atoms with Gasteiger partial charge >= 0.3 is 0 Å². The van der Waals surface area contributed by atoms with Crippen LogP contribution in [0.3, 0.4) is 0 Å². The lowest BCUT2D eigenvalue weighted by atomic mass is 10.1. The molecule has 0 aliphatic rings. The van der Waals surface area contributed by atoms with E-state index in [0.717, 1.165) is 17.9 Å². The Hall–Kier alpha value is -1.28. The molecule has 0 amide bonds. The predicted molar refractivity (Wildman–Crippen MR) is 66.9 cm³/mol. The summed E-state index contributed by atoms with van der Waals surface area (Å²) in [4.78, 5) is 7.51. The van der Waals surface area contributed by atoms with E-state index < -0.39 is 0 Å². The summed E-state index contributed by atoms with van der Waals surface area (Å²) in [6.45, 7) is 4.23. The number of aromatic nitrogens is 2. The summed E-state index contributed by atoms with van der Waals surface area (Å²) in [5.41, 5.74) is 4.84. The molecule has 0 radical (unpaired) electrons. The molecule has 1 aromatic heterocycles. The maximum absolute atomic E-state index is 5.72. The fourth-order valence-corrected chi connectivity index (χ4v) is 2.06. The second kappa shape index (κ2) is 4.71. The minimum Gasteiger partial charge on any atom is -0.345 e. The van der Waals surface area contributed by atoms with Crippen LogP contribution in [-0.4, -0.2) is 9.97 Å². The molecular formula is C13H15ClN2. The molecule has 0 saturated carbocycles. The van der Waals surface area contributed by atoms with Crippen molar-refractivity contribution in [2.75, 3.05) is 0 Å². The standard InChI is InChI=1S/C13H15ClN2/c1-9-3-10(2)5-11(4-9)6-13-15-8-12(7-14)16-13/h3-5,8H,6-7H2,1-2H3,(H,15,16). The predicted octanol–water partition coefficient (Wildman–Crippen LogP) is 3.36. The number of alkyl halides is 1. The molecule has 2 rings (SSSR count). The first-order valence-corrected chi connectivity index (χ1v) is 5.86. The summed E-state index contributed by atoms with van der Waals surface area (Å²) in [5.74, 6) is 1.46. The van der Waals surface area contributed by atoms with Crippen molar-refractivity contribution in [2.45, 2.75) is 26.1 Å². The monoisotopic (exact) mass is 234 g/mol. The maximum atomic E-state index is 5.72. The van der Waals surface area contributed by atoms with E-state index in [1.807, 2.05) is 0 Å². The van der Waals surface area contributed by atoms with Gasteiger partial charge in [-0.15, -0.1) is 11.6 Å². The molecule has 0 spiro atoms. The fourth-order valence-electron chi connectivity index (χ4n) is 1.93. The molecule has 84 valence electrons. The van der Waals surface area contributed by atoms with E-state index in [0.29, 0.717) is 5.88 Å². The quantitative estimate of drug-likeness (QED) is 0.811. The second-order valence-electron chi connectivity index (χ2n) is 4.16. The van der Waals surface area contributed by atoms with E-state index >= 15 is 0 Å². The number of halogens is 1. The van der Waals surface area contributed by atoms with Crippen LogP contribution in [0, 0.1) is 13.8 Å². The molecule has 0 aliphatic heterocycles. The zero-order valence-electron chi connectivity index (χ0n) is 9.55. The number of benzene rings is 1. The molecule has 0 bridgehead atoms. The number of aryl methyl sites for hydroxylation is 2. The van der Waals surface area contributed by atoms with Crippen LogP contribution in [-0.2, 0) is 12.3 Å². The summed E-state index contributed by atoms with van der Waals surface area (Å²) in [5, 5.41) is 0. The number of imidazole rings is 1. The number of nitrogens with one attached hydrogen (secondary N) is 1. The molecule has 1 heterocycles. The van der Waals surface area contributed by atoms with Crippen LogP contribution >= 0.6 is 11.6 Å². The Bertz CT molecular complexity index is 468. The third-order valence-corrected chi connectivity index (χ3v) is 2.77. The first-order chi connectivity index (χ1) is 7.67. The van der Waals surface area contributed by atoms with E-state index in [4.69, 9.17) is 11.6 Å². The molecule has 0 fully saturated rings. The van der Waals surface area contributed by atoms with E-state index in [1.165, 1.54) is 16.7 Å². The van der Waals surface area contributed by atoms with Gasteiger partial charge in [0.25, 0.3) is 0 Å². The van der Waals surface area contributed by atoms with Crippen molar-refractivity contribution in [3.05, 3.63) is 52.6 Å². The van der Waals surface area contributed by atoms with Crippen LogP contribution in [0.1, 0.15) is 28.2 Å². The maximum Gasteiger partial charge on any atom is 0.110 e. The van der Waals surface area contributed by atoms with Gasteiger partial charge in [-0.05, 0) is 19.4 Å². The van der Waals surface area contributed by atoms with Crippen LogP contribution < -0.4 is 0 Å². The summed E-state index contributed by atoms with van der Waals surface area (Å²) in [6.07, 6.45) is 2.63. The van der Waals surface area contributed by atoms with Gasteiger partial charge in [-0.2, -0.15) is 0 Å². The Morgan fingerprint density at radius 2 is 1.88 bits per heavy atom. The van der Waals surface area contributed by atoms with Crippen molar-refractivity contribution in [2.24, 2.45) is 0 Å². The van der Waals surface area contributed by atoms with Gasteiger partial charge < -0.3 is 4.98 Å².